The SMILES string of the molecule is Cc1noc(N2CC(N3CCN(C)CC3)C2)n1. The van der Waals surface area contributed by atoms with Crippen molar-refractivity contribution in [2.24, 2.45) is 0 Å². The Labute approximate surface area is 101 Å². The van der Waals surface area contributed by atoms with Crippen LogP contribution in [-0.4, -0.2) is 72.3 Å². The number of piperazine rings is 1. The maximum absolute atomic E-state index is 5.16. The van der Waals surface area contributed by atoms with E-state index in [0.29, 0.717) is 17.9 Å². The van der Waals surface area contributed by atoms with Gasteiger partial charge in [-0.15, -0.1) is 0 Å². The normalized spacial score (nSPS) is 24.0. The summed E-state index contributed by atoms with van der Waals surface area (Å²) in [5.41, 5.74) is 0. The van der Waals surface area contributed by atoms with E-state index in [-0.39, 0.29) is 0 Å². The molecule has 1 aromatic rings. The second-order valence-corrected chi connectivity index (χ2v) is 5.02. The highest BCUT2D eigenvalue weighted by atomic mass is 16.5. The minimum Gasteiger partial charge on any atom is -0.321 e. The largest absolute Gasteiger partial charge is 0.324 e. The van der Waals surface area contributed by atoms with Gasteiger partial charge >= 0.3 is 6.01 Å². The fraction of sp³-hybridized carbons (Fsp3) is 0.818. The van der Waals surface area contributed by atoms with E-state index >= 15 is 0 Å². The molecule has 94 valence electrons. The number of hydrogen-bond acceptors (Lipinski definition) is 6. The summed E-state index contributed by atoms with van der Waals surface area (Å²) in [6.07, 6.45) is 0. The lowest BCUT2D eigenvalue weighted by Gasteiger charge is -2.46. The number of aryl methyl sites for hydroxylation is 1. The monoisotopic (exact) mass is 237 g/mol. The number of aromatic nitrogens is 2. The van der Waals surface area contributed by atoms with E-state index in [1.54, 1.807) is 0 Å². The first kappa shape index (κ1) is 11.0. The number of nitrogens with zero attached hydrogens (tertiary/aromatic N) is 5. The second kappa shape index (κ2) is 4.27. The van der Waals surface area contributed by atoms with Crippen molar-refractivity contribution >= 4 is 6.01 Å². The van der Waals surface area contributed by atoms with Crippen LogP contribution in [0, 0.1) is 6.92 Å². The third-order valence-corrected chi connectivity index (χ3v) is 3.70. The Morgan fingerprint density at radius 1 is 1.18 bits per heavy atom. The molecule has 0 amide bonds. The Morgan fingerprint density at radius 2 is 1.88 bits per heavy atom. The van der Waals surface area contributed by atoms with Gasteiger partial charge in [-0.1, -0.05) is 5.16 Å². The van der Waals surface area contributed by atoms with Crippen LogP contribution >= 0.6 is 0 Å². The second-order valence-electron chi connectivity index (χ2n) is 5.02. The summed E-state index contributed by atoms with van der Waals surface area (Å²) in [5.74, 6) is 0.711. The summed E-state index contributed by atoms with van der Waals surface area (Å²) in [4.78, 5) is 11.4. The van der Waals surface area contributed by atoms with Crippen molar-refractivity contribution in [3.63, 3.8) is 0 Å². The predicted molar refractivity (Wildman–Crippen MR) is 64.1 cm³/mol. The molecule has 3 heterocycles. The van der Waals surface area contributed by atoms with Crippen molar-refractivity contribution in [3.8, 4) is 0 Å². The summed E-state index contributed by atoms with van der Waals surface area (Å²) in [6, 6.07) is 1.34. The van der Waals surface area contributed by atoms with Gasteiger partial charge in [0.25, 0.3) is 0 Å². The van der Waals surface area contributed by atoms with E-state index in [2.05, 4.69) is 31.9 Å². The van der Waals surface area contributed by atoms with Gasteiger partial charge in [0.05, 0.1) is 0 Å². The average Bonchev–Trinajstić information content (AvgIpc) is 2.66. The van der Waals surface area contributed by atoms with Crippen LogP contribution in [0.2, 0.25) is 0 Å². The first-order valence-corrected chi connectivity index (χ1v) is 6.20. The van der Waals surface area contributed by atoms with Crippen LogP contribution < -0.4 is 4.90 Å². The molecule has 2 aliphatic heterocycles. The van der Waals surface area contributed by atoms with Gasteiger partial charge in [-0.3, -0.25) is 4.90 Å². The third-order valence-electron chi connectivity index (χ3n) is 3.70. The predicted octanol–water partition coefficient (Wildman–Crippen LogP) is -0.186. The molecule has 2 fully saturated rings. The number of likely N-dealkylation sites (N-methyl/N-ethyl adjacent to an activating group) is 1. The molecule has 6 heteroatoms. The van der Waals surface area contributed by atoms with Gasteiger partial charge in [0.2, 0.25) is 0 Å². The smallest absolute Gasteiger partial charge is 0.321 e. The molecule has 0 aromatic carbocycles. The molecule has 17 heavy (non-hydrogen) atoms. The highest BCUT2D eigenvalue weighted by Crippen LogP contribution is 2.22. The highest BCUT2D eigenvalue weighted by Gasteiger charge is 2.35. The lowest BCUT2D eigenvalue weighted by Crippen LogP contribution is -2.63. The molecular weight excluding hydrogens is 218 g/mol. The zero-order chi connectivity index (χ0) is 11.8. The quantitative estimate of drug-likeness (QED) is 0.711. The average molecular weight is 237 g/mol. The van der Waals surface area contributed by atoms with E-state index in [0.717, 1.165) is 13.1 Å². The van der Waals surface area contributed by atoms with Crippen molar-refractivity contribution in [2.75, 3.05) is 51.2 Å². The summed E-state index contributed by atoms with van der Waals surface area (Å²) >= 11 is 0. The minimum atomic E-state index is 0.663. The molecule has 6 nitrogen and oxygen atoms in total. The molecule has 0 atom stereocenters. The van der Waals surface area contributed by atoms with E-state index < -0.39 is 0 Å². The summed E-state index contributed by atoms with van der Waals surface area (Å²) < 4.78 is 5.16. The molecule has 2 saturated heterocycles. The Kier molecular flexibility index (Phi) is 2.76. The maximum Gasteiger partial charge on any atom is 0.324 e. The van der Waals surface area contributed by atoms with E-state index in [1.165, 1.54) is 26.2 Å². The van der Waals surface area contributed by atoms with Gasteiger partial charge in [0, 0.05) is 45.3 Å². The van der Waals surface area contributed by atoms with Gasteiger partial charge in [-0.05, 0) is 14.0 Å². The zero-order valence-corrected chi connectivity index (χ0v) is 10.5. The molecule has 0 aliphatic carbocycles. The number of rotatable bonds is 2. The van der Waals surface area contributed by atoms with Crippen LogP contribution in [0.3, 0.4) is 0 Å². The van der Waals surface area contributed by atoms with Gasteiger partial charge in [-0.25, -0.2) is 0 Å². The summed E-state index contributed by atoms with van der Waals surface area (Å²) in [7, 11) is 2.19. The van der Waals surface area contributed by atoms with Gasteiger partial charge in [-0.2, -0.15) is 4.98 Å². The van der Waals surface area contributed by atoms with E-state index in [9.17, 15) is 0 Å². The summed E-state index contributed by atoms with van der Waals surface area (Å²) in [5, 5.41) is 3.82. The van der Waals surface area contributed by atoms with Gasteiger partial charge < -0.3 is 14.3 Å². The minimum absolute atomic E-state index is 0.663. The third kappa shape index (κ3) is 2.14. The standard InChI is InChI=1S/C11H19N5O/c1-9-12-11(17-13-9)16-7-10(8-16)15-5-3-14(2)4-6-15/h10H,3-8H2,1-2H3. The Balaban J connectivity index is 1.51. The Morgan fingerprint density at radius 3 is 2.47 bits per heavy atom. The fourth-order valence-corrected chi connectivity index (χ4v) is 2.44. The molecular formula is C11H19N5O. The summed E-state index contributed by atoms with van der Waals surface area (Å²) in [6.45, 7) is 8.60. The van der Waals surface area contributed by atoms with Crippen molar-refractivity contribution in [1.82, 2.24) is 19.9 Å². The highest BCUT2D eigenvalue weighted by molar-refractivity contribution is 5.31. The molecule has 0 saturated carbocycles. The molecule has 3 rings (SSSR count). The van der Waals surface area contributed by atoms with Gasteiger partial charge in [0.15, 0.2) is 5.82 Å². The van der Waals surface area contributed by atoms with Crippen LogP contribution in [0.1, 0.15) is 5.82 Å². The van der Waals surface area contributed by atoms with Crippen molar-refractivity contribution < 1.29 is 4.52 Å². The first-order chi connectivity index (χ1) is 8.22. The molecule has 0 spiro atoms. The van der Waals surface area contributed by atoms with Crippen molar-refractivity contribution in [3.05, 3.63) is 5.82 Å². The molecule has 0 bridgehead atoms. The van der Waals surface area contributed by atoms with Crippen LogP contribution in [0.15, 0.2) is 4.52 Å². The van der Waals surface area contributed by atoms with Crippen molar-refractivity contribution in [1.29, 1.82) is 0 Å². The molecule has 0 N–H and O–H groups in total. The zero-order valence-electron chi connectivity index (χ0n) is 10.5. The lowest BCUT2D eigenvalue weighted by atomic mass is 10.1. The van der Waals surface area contributed by atoms with Crippen LogP contribution in [0.4, 0.5) is 6.01 Å². The first-order valence-electron chi connectivity index (χ1n) is 6.20. The molecule has 1 aromatic heterocycles. The van der Waals surface area contributed by atoms with Crippen LogP contribution in [0.25, 0.3) is 0 Å². The number of hydrogen-bond donors (Lipinski definition) is 0. The van der Waals surface area contributed by atoms with E-state index in [1.807, 2.05) is 6.92 Å². The molecule has 0 unspecified atom stereocenters. The van der Waals surface area contributed by atoms with Crippen LogP contribution in [0.5, 0.6) is 0 Å². The fourth-order valence-electron chi connectivity index (χ4n) is 2.44. The van der Waals surface area contributed by atoms with E-state index in [4.69, 9.17) is 4.52 Å². The maximum atomic E-state index is 5.16. The molecule has 0 radical (unpaired) electrons. The topological polar surface area (TPSA) is 48.6 Å². The number of anilines is 1. The van der Waals surface area contributed by atoms with Crippen molar-refractivity contribution in [2.45, 2.75) is 13.0 Å². The van der Waals surface area contributed by atoms with Gasteiger partial charge in [0.1, 0.15) is 0 Å². The Hall–Kier alpha value is -1.14. The lowest BCUT2D eigenvalue weighted by molar-refractivity contribution is 0.0939. The molecule has 2 aliphatic rings. The Bertz CT molecular complexity index is 379. The van der Waals surface area contributed by atoms with Crippen LogP contribution in [-0.2, 0) is 0 Å².